The third kappa shape index (κ3) is 1.02. The van der Waals surface area contributed by atoms with Crippen LogP contribution in [0.15, 0.2) is 0 Å². The molecule has 3 rings (SSSR count). The van der Waals surface area contributed by atoms with Gasteiger partial charge in [-0.3, -0.25) is 0 Å². The standard InChI is InChI=1S/C11H21NO/c1-10(2)7-4-8(6-13)11(3,12)9(10)5-7/h7-9,13H,4-6,12H2,1-3H3/t7-,8+,9+,11-/m0/s1. The van der Waals surface area contributed by atoms with Crippen LogP contribution in [-0.4, -0.2) is 17.3 Å². The Labute approximate surface area is 80.5 Å². The van der Waals surface area contributed by atoms with E-state index in [4.69, 9.17) is 5.73 Å². The van der Waals surface area contributed by atoms with Crippen LogP contribution in [0.4, 0.5) is 0 Å². The highest BCUT2D eigenvalue weighted by Crippen LogP contribution is 2.63. The van der Waals surface area contributed by atoms with Crippen LogP contribution in [0.1, 0.15) is 33.6 Å². The van der Waals surface area contributed by atoms with E-state index in [9.17, 15) is 5.11 Å². The van der Waals surface area contributed by atoms with Crippen LogP contribution in [0.25, 0.3) is 0 Å². The van der Waals surface area contributed by atoms with E-state index in [1.165, 1.54) is 6.42 Å². The first-order valence-electron chi connectivity index (χ1n) is 5.30. The Balaban J connectivity index is 2.23. The second kappa shape index (κ2) is 2.48. The maximum absolute atomic E-state index is 9.26. The van der Waals surface area contributed by atoms with Crippen molar-refractivity contribution in [2.75, 3.05) is 6.61 Å². The lowest BCUT2D eigenvalue weighted by atomic mass is 9.41. The van der Waals surface area contributed by atoms with E-state index in [1.54, 1.807) is 0 Å². The lowest BCUT2D eigenvalue weighted by Crippen LogP contribution is -2.68. The van der Waals surface area contributed by atoms with E-state index < -0.39 is 0 Å². The van der Waals surface area contributed by atoms with Crippen molar-refractivity contribution >= 4 is 0 Å². The predicted molar refractivity (Wildman–Crippen MR) is 53.2 cm³/mol. The maximum Gasteiger partial charge on any atom is 0.0476 e. The van der Waals surface area contributed by atoms with Crippen molar-refractivity contribution in [1.82, 2.24) is 0 Å². The Morgan fingerprint density at radius 2 is 1.92 bits per heavy atom. The summed E-state index contributed by atoms with van der Waals surface area (Å²) in [6, 6.07) is 0. The average Bonchev–Trinajstić information content (AvgIpc) is 2.01. The maximum atomic E-state index is 9.26. The molecule has 0 amide bonds. The van der Waals surface area contributed by atoms with Gasteiger partial charge in [0.15, 0.2) is 0 Å². The molecule has 0 heterocycles. The van der Waals surface area contributed by atoms with Gasteiger partial charge >= 0.3 is 0 Å². The lowest BCUT2D eigenvalue weighted by Gasteiger charge is -2.66. The minimum absolute atomic E-state index is 0.146. The molecule has 3 aliphatic rings. The summed E-state index contributed by atoms with van der Waals surface area (Å²) in [5.41, 5.74) is 6.60. The largest absolute Gasteiger partial charge is 0.396 e. The third-order valence-corrected chi connectivity index (χ3v) is 4.89. The molecule has 3 aliphatic carbocycles. The average molecular weight is 183 g/mol. The Bertz CT molecular complexity index is 222. The number of fused-ring (bicyclic) bond motifs is 2. The number of aliphatic hydroxyl groups is 1. The second-order valence-corrected chi connectivity index (χ2v) is 5.79. The van der Waals surface area contributed by atoms with Gasteiger partial charge in [0.1, 0.15) is 0 Å². The normalized spacial score (nSPS) is 52.8. The summed E-state index contributed by atoms with van der Waals surface area (Å²) in [5.74, 6) is 1.73. The molecule has 0 aromatic heterocycles. The van der Waals surface area contributed by atoms with Gasteiger partial charge in [0, 0.05) is 18.1 Å². The van der Waals surface area contributed by atoms with Crippen molar-refractivity contribution in [2.45, 2.75) is 39.2 Å². The molecule has 0 aromatic rings. The van der Waals surface area contributed by atoms with Gasteiger partial charge in [-0.2, -0.15) is 0 Å². The van der Waals surface area contributed by atoms with Crippen molar-refractivity contribution < 1.29 is 5.11 Å². The van der Waals surface area contributed by atoms with Gasteiger partial charge in [0.2, 0.25) is 0 Å². The summed E-state index contributed by atoms with van der Waals surface area (Å²) in [4.78, 5) is 0. The van der Waals surface area contributed by atoms with Crippen molar-refractivity contribution in [2.24, 2.45) is 28.9 Å². The highest BCUT2D eigenvalue weighted by Gasteiger charge is 2.61. The first kappa shape index (κ1) is 9.47. The van der Waals surface area contributed by atoms with Gasteiger partial charge in [-0.05, 0) is 37.0 Å². The minimum atomic E-state index is -0.146. The molecule has 0 unspecified atom stereocenters. The Kier molecular flexibility index (Phi) is 1.81. The number of nitrogens with two attached hydrogens (primary N) is 1. The van der Waals surface area contributed by atoms with E-state index in [1.807, 2.05) is 0 Å². The molecule has 0 spiro atoms. The van der Waals surface area contributed by atoms with Crippen molar-refractivity contribution in [3.8, 4) is 0 Å². The van der Waals surface area contributed by atoms with Gasteiger partial charge in [-0.1, -0.05) is 13.8 Å². The van der Waals surface area contributed by atoms with Crippen LogP contribution in [0, 0.1) is 23.2 Å². The SMILES string of the molecule is CC1(C)[C@H]2C[C@H](CO)[C@](C)(N)[C@@H]1C2. The van der Waals surface area contributed by atoms with Crippen molar-refractivity contribution in [1.29, 1.82) is 0 Å². The summed E-state index contributed by atoms with van der Waals surface area (Å²) in [6.07, 6.45) is 2.39. The monoisotopic (exact) mass is 183 g/mol. The summed E-state index contributed by atoms with van der Waals surface area (Å²) in [7, 11) is 0. The molecule has 3 saturated carbocycles. The number of hydrogen-bond donors (Lipinski definition) is 2. The number of hydrogen-bond acceptors (Lipinski definition) is 2. The fraction of sp³-hybridized carbons (Fsp3) is 1.00. The molecular weight excluding hydrogens is 162 g/mol. The van der Waals surface area contributed by atoms with E-state index in [0.717, 1.165) is 12.3 Å². The van der Waals surface area contributed by atoms with E-state index in [2.05, 4.69) is 20.8 Å². The fourth-order valence-electron chi connectivity index (χ4n) is 3.62. The van der Waals surface area contributed by atoms with Crippen LogP contribution >= 0.6 is 0 Å². The zero-order valence-electron chi connectivity index (χ0n) is 8.88. The zero-order chi connectivity index (χ0) is 9.85. The van der Waals surface area contributed by atoms with Crippen LogP contribution in [0.5, 0.6) is 0 Å². The molecule has 0 radical (unpaired) electrons. The molecule has 13 heavy (non-hydrogen) atoms. The molecule has 0 saturated heterocycles. The second-order valence-electron chi connectivity index (χ2n) is 5.79. The van der Waals surface area contributed by atoms with E-state index in [-0.39, 0.29) is 12.1 Å². The van der Waals surface area contributed by atoms with Crippen LogP contribution in [0.3, 0.4) is 0 Å². The minimum Gasteiger partial charge on any atom is -0.396 e. The van der Waals surface area contributed by atoms with E-state index in [0.29, 0.717) is 17.3 Å². The molecule has 3 fully saturated rings. The van der Waals surface area contributed by atoms with Crippen LogP contribution in [-0.2, 0) is 0 Å². The number of rotatable bonds is 1. The molecule has 2 nitrogen and oxygen atoms in total. The van der Waals surface area contributed by atoms with Crippen molar-refractivity contribution in [3.63, 3.8) is 0 Å². The summed E-state index contributed by atoms with van der Waals surface area (Å²) in [5, 5.41) is 9.26. The quantitative estimate of drug-likeness (QED) is 0.645. The molecule has 0 aliphatic heterocycles. The van der Waals surface area contributed by atoms with Crippen LogP contribution in [0.2, 0.25) is 0 Å². The smallest absolute Gasteiger partial charge is 0.0476 e. The molecule has 2 heteroatoms. The lowest BCUT2D eigenvalue weighted by molar-refractivity contribution is -0.149. The Morgan fingerprint density at radius 1 is 1.31 bits per heavy atom. The summed E-state index contributed by atoms with van der Waals surface area (Å²) >= 11 is 0. The van der Waals surface area contributed by atoms with E-state index >= 15 is 0 Å². The van der Waals surface area contributed by atoms with Crippen LogP contribution < -0.4 is 5.73 Å². The molecular formula is C11H21NO. The van der Waals surface area contributed by atoms with Gasteiger partial charge < -0.3 is 10.8 Å². The first-order valence-corrected chi connectivity index (χ1v) is 5.30. The molecule has 76 valence electrons. The topological polar surface area (TPSA) is 46.2 Å². The molecule has 0 aromatic carbocycles. The van der Waals surface area contributed by atoms with Crippen molar-refractivity contribution in [3.05, 3.63) is 0 Å². The Morgan fingerprint density at radius 3 is 2.31 bits per heavy atom. The zero-order valence-corrected chi connectivity index (χ0v) is 8.88. The third-order valence-electron chi connectivity index (χ3n) is 4.89. The molecule has 3 N–H and O–H groups in total. The molecule has 4 atom stereocenters. The highest BCUT2D eigenvalue weighted by molar-refractivity contribution is 5.13. The summed E-state index contributed by atoms with van der Waals surface area (Å²) in [6.45, 7) is 7.03. The highest BCUT2D eigenvalue weighted by atomic mass is 16.3. The number of aliphatic hydroxyl groups excluding tert-OH is 1. The first-order chi connectivity index (χ1) is 5.90. The van der Waals surface area contributed by atoms with Gasteiger partial charge in [0.25, 0.3) is 0 Å². The predicted octanol–water partition coefficient (Wildman–Crippen LogP) is 1.38. The summed E-state index contributed by atoms with van der Waals surface area (Å²) < 4.78 is 0. The Hall–Kier alpha value is -0.0800. The van der Waals surface area contributed by atoms with Gasteiger partial charge in [0.05, 0.1) is 0 Å². The van der Waals surface area contributed by atoms with Gasteiger partial charge in [-0.25, -0.2) is 0 Å². The molecule has 2 bridgehead atoms. The fourth-order valence-corrected chi connectivity index (χ4v) is 3.62. The van der Waals surface area contributed by atoms with Gasteiger partial charge in [-0.15, -0.1) is 0 Å².